The molecule has 6 nitrogen and oxygen atoms in total. The zero-order chi connectivity index (χ0) is 19.6. The molecule has 0 aliphatic rings. The van der Waals surface area contributed by atoms with Gasteiger partial charge in [0.1, 0.15) is 6.61 Å². The summed E-state index contributed by atoms with van der Waals surface area (Å²) in [5.74, 6) is -0.208. The van der Waals surface area contributed by atoms with E-state index in [9.17, 15) is 9.59 Å². The van der Waals surface area contributed by atoms with Gasteiger partial charge >= 0.3 is 6.03 Å². The van der Waals surface area contributed by atoms with Gasteiger partial charge in [0.05, 0.1) is 6.61 Å². The Morgan fingerprint density at radius 3 is 2.44 bits per heavy atom. The number of carbonyl (C=O) groups excluding carboxylic acids is 2. The average molecular weight is 390 g/mol. The van der Waals surface area contributed by atoms with E-state index in [1.54, 1.807) is 18.2 Å². The van der Waals surface area contributed by atoms with E-state index >= 15 is 0 Å². The van der Waals surface area contributed by atoms with Gasteiger partial charge in [0, 0.05) is 23.3 Å². The second-order valence-electron chi connectivity index (χ2n) is 6.31. The number of carbonyl (C=O) groups is 2. The van der Waals surface area contributed by atoms with Crippen molar-refractivity contribution in [3.63, 3.8) is 0 Å². The van der Waals surface area contributed by atoms with Crippen molar-refractivity contribution in [3.8, 4) is 0 Å². The third kappa shape index (κ3) is 7.68. The minimum Gasteiger partial charge on any atom is -0.367 e. The van der Waals surface area contributed by atoms with Crippen LogP contribution >= 0.6 is 11.6 Å². The number of rotatable bonds is 8. The fraction of sp³-hybridized carbons (Fsp3) is 0.300. The molecule has 0 bridgehead atoms. The van der Waals surface area contributed by atoms with Crippen LogP contribution in [0.1, 0.15) is 25.0 Å². The number of nitrogens with one attached hydrogen (secondary N) is 3. The van der Waals surface area contributed by atoms with Crippen LogP contribution in [0.15, 0.2) is 48.5 Å². The SMILES string of the molecule is CC(C)NC(=O)Nc1ccc(CNC(=O)COCc2ccccc2Cl)cc1. The van der Waals surface area contributed by atoms with Crippen LogP contribution in [0.4, 0.5) is 10.5 Å². The van der Waals surface area contributed by atoms with Gasteiger partial charge in [-0.15, -0.1) is 0 Å². The van der Waals surface area contributed by atoms with E-state index in [0.29, 0.717) is 17.3 Å². The third-order valence-corrected chi connectivity index (χ3v) is 3.94. The van der Waals surface area contributed by atoms with Gasteiger partial charge in [0.15, 0.2) is 0 Å². The Hall–Kier alpha value is -2.57. The summed E-state index contributed by atoms with van der Waals surface area (Å²) in [4.78, 5) is 23.5. The molecule has 2 aromatic rings. The predicted molar refractivity (Wildman–Crippen MR) is 107 cm³/mol. The van der Waals surface area contributed by atoms with E-state index < -0.39 is 0 Å². The molecule has 0 heterocycles. The number of hydrogen-bond acceptors (Lipinski definition) is 3. The van der Waals surface area contributed by atoms with Crippen LogP contribution in [0.25, 0.3) is 0 Å². The molecule has 0 unspecified atom stereocenters. The topological polar surface area (TPSA) is 79.5 Å². The monoisotopic (exact) mass is 389 g/mol. The van der Waals surface area contributed by atoms with Gasteiger partial charge in [-0.1, -0.05) is 41.9 Å². The van der Waals surface area contributed by atoms with E-state index in [0.717, 1.165) is 11.1 Å². The molecule has 144 valence electrons. The zero-order valence-corrected chi connectivity index (χ0v) is 16.2. The first-order valence-electron chi connectivity index (χ1n) is 8.68. The van der Waals surface area contributed by atoms with Crippen molar-refractivity contribution in [1.29, 1.82) is 0 Å². The molecule has 0 aliphatic heterocycles. The Labute approximate surface area is 164 Å². The summed E-state index contributed by atoms with van der Waals surface area (Å²) in [5, 5.41) is 8.91. The molecule has 3 amide bonds. The summed E-state index contributed by atoms with van der Waals surface area (Å²) in [5.41, 5.74) is 2.45. The molecule has 0 aliphatic carbocycles. The molecule has 0 saturated carbocycles. The number of ether oxygens (including phenoxy) is 1. The van der Waals surface area contributed by atoms with Crippen molar-refractivity contribution in [2.75, 3.05) is 11.9 Å². The van der Waals surface area contributed by atoms with Crippen LogP contribution < -0.4 is 16.0 Å². The van der Waals surface area contributed by atoms with Gasteiger partial charge in [-0.2, -0.15) is 0 Å². The molecular weight excluding hydrogens is 366 g/mol. The molecule has 7 heteroatoms. The number of hydrogen-bond donors (Lipinski definition) is 3. The van der Waals surface area contributed by atoms with Gasteiger partial charge < -0.3 is 20.7 Å². The van der Waals surface area contributed by atoms with E-state index in [1.165, 1.54) is 0 Å². The lowest BCUT2D eigenvalue weighted by Crippen LogP contribution is -2.34. The first kappa shape index (κ1) is 20.7. The van der Waals surface area contributed by atoms with Crippen molar-refractivity contribution >= 4 is 29.2 Å². The molecular formula is C20H24ClN3O3. The summed E-state index contributed by atoms with van der Waals surface area (Å²) < 4.78 is 5.39. The van der Waals surface area contributed by atoms with Crippen LogP contribution in [0.2, 0.25) is 5.02 Å². The number of halogens is 1. The maximum Gasteiger partial charge on any atom is 0.319 e. The maximum atomic E-state index is 11.9. The summed E-state index contributed by atoms with van der Waals surface area (Å²) in [6.07, 6.45) is 0. The Bertz CT molecular complexity index is 763. The maximum absolute atomic E-state index is 11.9. The Morgan fingerprint density at radius 2 is 1.78 bits per heavy atom. The lowest BCUT2D eigenvalue weighted by atomic mass is 10.2. The number of anilines is 1. The van der Waals surface area contributed by atoms with Gasteiger partial charge in [-0.3, -0.25) is 4.79 Å². The first-order valence-corrected chi connectivity index (χ1v) is 9.06. The van der Waals surface area contributed by atoms with Crippen molar-refractivity contribution in [2.45, 2.75) is 33.0 Å². The fourth-order valence-electron chi connectivity index (χ4n) is 2.26. The molecule has 0 spiro atoms. The first-order chi connectivity index (χ1) is 12.9. The van der Waals surface area contributed by atoms with Crippen molar-refractivity contribution in [3.05, 3.63) is 64.7 Å². The Morgan fingerprint density at radius 1 is 1.07 bits per heavy atom. The molecule has 2 aromatic carbocycles. The molecule has 0 fully saturated rings. The van der Waals surface area contributed by atoms with Gasteiger partial charge in [-0.25, -0.2) is 4.79 Å². The molecule has 27 heavy (non-hydrogen) atoms. The molecule has 0 radical (unpaired) electrons. The molecule has 0 atom stereocenters. The van der Waals surface area contributed by atoms with Crippen molar-refractivity contribution < 1.29 is 14.3 Å². The third-order valence-electron chi connectivity index (χ3n) is 3.57. The minimum atomic E-state index is -0.248. The number of benzene rings is 2. The smallest absolute Gasteiger partial charge is 0.319 e. The van der Waals surface area contributed by atoms with E-state index in [2.05, 4.69) is 16.0 Å². The quantitative estimate of drug-likeness (QED) is 0.644. The predicted octanol–water partition coefficient (Wildman–Crippen LogP) is 3.70. The summed E-state index contributed by atoms with van der Waals surface area (Å²) in [6, 6.07) is 14.4. The van der Waals surface area contributed by atoms with E-state index in [1.807, 2.05) is 44.2 Å². The Kier molecular flexibility index (Phi) is 8.10. The van der Waals surface area contributed by atoms with Crippen LogP contribution in [-0.2, 0) is 22.7 Å². The van der Waals surface area contributed by atoms with Gasteiger partial charge in [0.25, 0.3) is 0 Å². The van der Waals surface area contributed by atoms with Crippen LogP contribution in [-0.4, -0.2) is 24.6 Å². The second-order valence-corrected chi connectivity index (χ2v) is 6.72. The summed E-state index contributed by atoms with van der Waals surface area (Å²) >= 11 is 6.04. The van der Waals surface area contributed by atoms with Crippen molar-refractivity contribution in [1.82, 2.24) is 10.6 Å². The summed E-state index contributed by atoms with van der Waals surface area (Å²) in [6.45, 7) is 4.41. The van der Waals surface area contributed by atoms with Crippen LogP contribution in [0.3, 0.4) is 0 Å². The van der Waals surface area contributed by atoms with Gasteiger partial charge in [-0.05, 0) is 43.2 Å². The Balaban J connectivity index is 1.70. The highest BCUT2D eigenvalue weighted by Crippen LogP contribution is 2.15. The normalized spacial score (nSPS) is 10.5. The minimum absolute atomic E-state index is 0.0414. The van der Waals surface area contributed by atoms with Crippen molar-refractivity contribution in [2.24, 2.45) is 0 Å². The van der Waals surface area contributed by atoms with E-state index in [4.69, 9.17) is 16.3 Å². The standard InChI is InChI=1S/C20H24ClN3O3/c1-14(2)23-20(26)24-17-9-7-15(8-10-17)11-22-19(25)13-27-12-16-5-3-4-6-18(16)21/h3-10,14H,11-13H2,1-2H3,(H,22,25)(H2,23,24,26). The molecule has 3 N–H and O–H groups in total. The van der Waals surface area contributed by atoms with Crippen LogP contribution in [0.5, 0.6) is 0 Å². The average Bonchev–Trinajstić information content (AvgIpc) is 2.62. The highest BCUT2D eigenvalue weighted by molar-refractivity contribution is 6.31. The lowest BCUT2D eigenvalue weighted by Gasteiger charge is -2.11. The van der Waals surface area contributed by atoms with E-state index in [-0.39, 0.29) is 31.2 Å². The fourth-order valence-corrected chi connectivity index (χ4v) is 2.45. The largest absolute Gasteiger partial charge is 0.367 e. The number of amides is 3. The lowest BCUT2D eigenvalue weighted by molar-refractivity contribution is -0.126. The highest BCUT2D eigenvalue weighted by atomic mass is 35.5. The number of urea groups is 1. The highest BCUT2D eigenvalue weighted by Gasteiger charge is 2.05. The molecule has 0 aromatic heterocycles. The van der Waals surface area contributed by atoms with Crippen LogP contribution in [0, 0.1) is 0 Å². The second kappa shape index (κ2) is 10.5. The molecule has 2 rings (SSSR count). The summed E-state index contributed by atoms with van der Waals surface area (Å²) in [7, 11) is 0. The molecule has 0 saturated heterocycles. The zero-order valence-electron chi connectivity index (χ0n) is 15.4. The van der Waals surface area contributed by atoms with Gasteiger partial charge in [0.2, 0.25) is 5.91 Å².